The summed E-state index contributed by atoms with van der Waals surface area (Å²) in [5.74, 6) is -2.78. The molecular weight excluding hydrogens is 415 g/mol. The zero-order valence-corrected chi connectivity index (χ0v) is 15.6. The van der Waals surface area contributed by atoms with Crippen molar-refractivity contribution in [3.05, 3.63) is 71.4 Å². The summed E-state index contributed by atoms with van der Waals surface area (Å²) in [5, 5.41) is 4.82. The molecule has 0 unspecified atom stereocenters. The second kappa shape index (κ2) is 7.20. The van der Waals surface area contributed by atoms with Crippen LogP contribution in [0.15, 0.2) is 53.6 Å². The van der Waals surface area contributed by atoms with Gasteiger partial charge in [-0.05, 0) is 48.4 Å². The van der Waals surface area contributed by atoms with Crippen LogP contribution in [-0.4, -0.2) is 13.4 Å². The second-order valence-electron chi connectivity index (χ2n) is 6.24. The van der Waals surface area contributed by atoms with Gasteiger partial charge in [-0.1, -0.05) is 12.1 Å². The highest BCUT2D eigenvalue weighted by molar-refractivity contribution is 7.89. The van der Waals surface area contributed by atoms with Gasteiger partial charge in [0.15, 0.2) is 4.90 Å². The van der Waals surface area contributed by atoms with Crippen molar-refractivity contribution in [2.24, 2.45) is 5.14 Å². The van der Waals surface area contributed by atoms with E-state index in [1.165, 1.54) is 37.4 Å². The van der Waals surface area contributed by atoms with E-state index in [0.29, 0.717) is 5.56 Å². The van der Waals surface area contributed by atoms with Crippen molar-refractivity contribution in [1.29, 1.82) is 0 Å². The van der Waals surface area contributed by atoms with E-state index in [0.717, 1.165) is 18.2 Å². The fourth-order valence-corrected chi connectivity index (χ4v) is 3.65. The minimum absolute atomic E-state index is 0.0477. The first-order valence-corrected chi connectivity index (χ1v) is 9.59. The Morgan fingerprint density at radius 3 is 2.10 bits per heavy atom. The molecule has 0 aliphatic carbocycles. The molecule has 0 aliphatic heterocycles. The normalized spacial score (nSPS) is 12.2. The Balaban J connectivity index is 2.18. The number of pyridine rings is 1. The molecule has 0 radical (unpaired) electrons. The summed E-state index contributed by atoms with van der Waals surface area (Å²) in [5.41, 5.74) is -0.241. The van der Waals surface area contributed by atoms with Gasteiger partial charge in [0.1, 0.15) is 11.6 Å². The van der Waals surface area contributed by atoms with Crippen LogP contribution in [-0.2, 0) is 16.2 Å². The van der Waals surface area contributed by atoms with Crippen molar-refractivity contribution < 1.29 is 30.4 Å². The molecule has 0 saturated carbocycles. The highest BCUT2D eigenvalue weighted by atomic mass is 32.2. The Morgan fingerprint density at radius 2 is 1.59 bits per heavy atom. The Morgan fingerprint density at radius 1 is 0.966 bits per heavy atom. The summed E-state index contributed by atoms with van der Waals surface area (Å²) < 4.78 is 90.1. The molecule has 0 fully saturated rings. The van der Waals surface area contributed by atoms with Gasteiger partial charge in [-0.3, -0.25) is 4.98 Å². The number of hydrogen-bond donors (Lipinski definition) is 1. The highest BCUT2D eigenvalue weighted by Gasteiger charge is 2.32. The maximum atomic E-state index is 14.2. The molecule has 2 aromatic carbocycles. The van der Waals surface area contributed by atoms with Gasteiger partial charge in [0.2, 0.25) is 10.0 Å². The van der Waals surface area contributed by atoms with E-state index in [2.05, 4.69) is 4.98 Å². The molecule has 0 amide bonds. The molecule has 0 spiro atoms. The summed E-state index contributed by atoms with van der Waals surface area (Å²) in [4.78, 5) is 2.85. The van der Waals surface area contributed by atoms with Crippen molar-refractivity contribution in [2.75, 3.05) is 0 Å². The predicted octanol–water partition coefficient (Wildman–Crippen LogP) is 4.67. The van der Waals surface area contributed by atoms with Crippen molar-refractivity contribution in [2.45, 2.75) is 18.0 Å². The number of aromatic nitrogens is 1. The number of sulfonamides is 1. The first kappa shape index (κ1) is 20.9. The van der Waals surface area contributed by atoms with E-state index in [9.17, 15) is 30.4 Å². The number of primary sulfonamides is 1. The highest BCUT2D eigenvalue weighted by Crippen LogP contribution is 2.37. The molecule has 0 bridgehead atoms. The van der Waals surface area contributed by atoms with E-state index < -0.39 is 38.3 Å². The largest absolute Gasteiger partial charge is 0.416 e. The lowest BCUT2D eigenvalue weighted by molar-refractivity contribution is -0.138. The smallest absolute Gasteiger partial charge is 0.256 e. The standard InChI is InChI=1S/C19H13F5N2O2S/c1-10-7-11(4-5-14(10)19(22,23)24)17-13(3-2-6-26-17)12-8-15(20)18(16(21)9-12)29(25,27)28/h2-9H,1H3,(H2,25,27,28). The Kier molecular flexibility index (Phi) is 5.18. The molecule has 10 heteroatoms. The maximum Gasteiger partial charge on any atom is 0.416 e. The van der Waals surface area contributed by atoms with Gasteiger partial charge >= 0.3 is 6.18 Å². The van der Waals surface area contributed by atoms with Crippen LogP contribution in [0.1, 0.15) is 11.1 Å². The first-order chi connectivity index (χ1) is 13.4. The van der Waals surface area contributed by atoms with Crippen LogP contribution in [0.4, 0.5) is 22.0 Å². The summed E-state index contributed by atoms with van der Waals surface area (Å²) in [6.07, 6.45) is -3.15. The summed E-state index contributed by atoms with van der Waals surface area (Å²) in [6, 6.07) is 7.85. The fourth-order valence-electron chi connectivity index (χ4n) is 2.98. The third kappa shape index (κ3) is 4.13. The minimum Gasteiger partial charge on any atom is -0.256 e. The third-order valence-corrected chi connectivity index (χ3v) is 5.17. The molecular formula is C19H13F5N2O2S. The SMILES string of the molecule is Cc1cc(-c2ncccc2-c2cc(F)c(S(N)(=O)=O)c(F)c2)ccc1C(F)(F)F. The van der Waals surface area contributed by atoms with Gasteiger partial charge < -0.3 is 0 Å². The lowest BCUT2D eigenvalue weighted by atomic mass is 9.96. The third-order valence-electron chi connectivity index (χ3n) is 4.21. The van der Waals surface area contributed by atoms with Crippen LogP contribution in [0.2, 0.25) is 0 Å². The Bertz CT molecular complexity index is 1180. The van der Waals surface area contributed by atoms with E-state index in [1.807, 2.05) is 0 Å². The van der Waals surface area contributed by atoms with Crippen LogP contribution in [0.3, 0.4) is 0 Å². The van der Waals surface area contributed by atoms with E-state index in [-0.39, 0.29) is 22.4 Å². The molecule has 152 valence electrons. The van der Waals surface area contributed by atoms with Gasteiger partial charge in [-0.25, -0.2) is 22.3 Å². The number of aryl methyl sites for hydroxylation is 1. The van der Waals surface area contributed by atoms with Gasteiger partial charge in [0.05, 0.1) is 11.3 Å². The van der Waals surface area contributed by atoms with Gasteiger partial charge in [-0.2, -0.15) is 13.2 Å². The molecule has 4 nitrogen and oxygen atoms in total. The van der Waals surface area contributed by atoms with E-state index in [4.69, 9.17) is 5.14 Å². The zero-order chi connectivity index (χ0) is 21.6. The predicted molar refractivity (Wildman–Crippen MR) is 96.1 cm³/mol. The van der Waals surface area contributed by atoms with Gasteiger partial charge in [-0.15, -0.1) is 0 Å². The number of nitrogens with two attached hydrogens (primary N) is 1. The summed E-state index contributed by atoms with van der Waals surface area (Å²) in [7, 11) is -4.62. The lowest BCUT2D eigenvalue weighted by Gasteiger charge is -2.14. The van der Waals surface area contributed by atoms with Crippen molar-refractivity contribution in [3.63, 3.8) is 0 Å². The number of rotatable bonds is 3. The molecule has 3 rings (SSSR count). The van der Waals surface area contributed by atoms with Gasteiger partial charge in [0.25, 0.3) is 0 Å². The summed E-state index contributed by atoms with van der Waals surface area (Å²) in [6.45, 7) is 1.29. The number of hydrogen-bond acceptors (Lipinski definition) is 3. The number of alkyl halides is 3. The van der Waals surface area contributed by atoms with Crippen LogP contribution < -0.4 is 5.14 Å². The zero-order valence-electron chi connectivity index (χ0n) is 14.8. The fraction of sp³-hybridized carbons (Fsp3) is 0.105. The van der Waals surface area contributed by atoms with Crippen LogP contribution in [0.25, 0.3) is 22.4 Å². The first-order valence-electron chi connectivity index (χ1n) is 8.05. The number of nitrogens with zero attached hydrogens (tertiary/aromatic N) is 1. The molecule has 29 heavy (non-hydrogen) atoms. The van der Waals surface area contributed by atoms with E-state index in [1.54, 1.807) is 0 Å². The average molecular weight is 428 g/mol. The average Bonchev–Trinajstić information content (AvgIpc) is 2.58. The Labute approximate surface area is 162 Å². The van der Waals surface area contributed by atoms with Crippen molar-refractivity contribution >= 4 is 10.0 Å². The molecule has 2 N–H and O–H groups in total. The van der Waals surface area contributed by atoms with Crippen LogP contribution in [0.5, 0.6) is 0 Å². The molecule has 1 heterocycles. The molecule has 3 aromatic rings. The number of halogens is 5. The van der Waals surface area contributed by atoms with E-state index >= 15 is 0 Å². The van der Waals surface area contributed by atoms with Crippen molar-refractivity contribution in [1.82, 2.24) is 4.98 Å². The van der Waals surface area contributed by atoms with Gasteiger partial charge in [0, 0.05) is 17.3 Å². The van der Waals surface area contributed by atoms with Crippen LogP contribution >= 0.6 is 0 Å². The lowest BCUT2D eigenvalue weighted by Crippen LogP contribution is -2.16. The number of benzene rings is 2. The molecule has 0 atom stereocenters. The second-order valence-corrected chi connectivity index (χ2v) is 7.74. The van der Waals surface area contributed by atoms with Crippen LogP contribution in [0, 0.1) is 18.6 Å². The quantitative estimate of drug-likeness (QED) is 0.617. The molecule has 1 aromatic heterocycles. The topological polar surface area (TPSA) is 73.0 Å². The minimum atomic E-state index is -4.62. The summed E-state index contributed by atoms with van der Waals surface area (Å²) >= 11 is 0. The van der Waals surface area contributed by atoms with Crippen molar-refractivity contribution in [3.8, 4) is 22.4 Å². The Hall–Kier alpha value is -2.85. The molecule has 0 aliphatic rings. The monoisotopic (exact) mass is 428 g/mol. The maximum absolute atomic E-state index is 14.2. The molecule has 0 saturated heterocycles.